The molecule has 0 fully saturated rings. The predicted molar refractivity (Wildman–Crippen MR) is 67.6 cm³/mol. The molecule has 84 valence electrons. The minimum absolute atomic E-state index is 0.943. The van der Waals surface area contributed by atoms with E-state index in [-0.39, 0.29) is 0 Å². The zero-order chi connectivity index (χ0) is 12.1. The van der Waals surface area contributed by atoms with Gasteiger partial charge < -0.3 is 5.11 Å². The zero-order valence-corrected chi connectivity index (χ0v) is 9.08. The summed E-state index contributed by atoms with van der Waals surface area (Å²) >= 11 is 0. The van der Waals surface area contributed by atoms with Crippen LogP contribution in [0.3, 0.4) is 0 Å². The molecule has 0 saturated carbocycles. The van der Waals surface area contributed by atoms with Crippen LogP contribution < -0.4 is 0 Å². The quantitative estimate of drug-likeness (QED) is 0.645. The maximum Gasteiger partial charge on any atom is 0.328 e. The molecule has 3 heteroatoms. The zero-order valence-electron chi connectivity index (χ0n) is 9.08. The van der Waals surface area contributed by atoms with Crippen molar-refractivity contribution in [2.24, 2.45) is 0 Å². The Kier molecular flexibility index (Phi) is 3.31. The Morgan fingerprint density at radius 1 is 1.24 bits per heavy atom. The number of allylic oxidation sites excluding steroid dienone is 2. The van der Waals surface area contributed by atoms with Gasteiger partial charge in [0.1, 0.15) is 0 Å². The highest BCUT2D eigenvalue weighted by molar-refractivity contribution is 5.81. The maximum absolute atomic E-state index is 10.3. The average molecular weight is 225 g/mol. The molecule has 0 unspecified atom stereocenters. The van der Waals surface area contributed by atoms with Crippen LogP contribution in [0.1, 0.15) is 5.56 Å². The molecular weight excluding hydrogens is 214 g/mol. The Morgan fingerprint density at radius 2 is 2.06 bits per heavy atom. The van der Waals surface area contributed by atoms with Gasteiger partial charge in [-0.15, -0.1) is 0 Å². The van der Waals surface area contributed by atoms with Crippen LogP contribution in [-0.2, 0) is 4.79 Å². The van der Waals surface area contributed by atoms with Crippen LogP contribution in [0, 0.1) is 0 Å². The number of fused-ring (bicyclic) bond motifs is 1. The van der Waals surface area contributed by atoms with Gasteiger partial charge in [0.2, 0.25) is 0 Å². The minimum atomic E-state index is -0.953. The van der Waals surface area contributed by atoms with E-state index in [0.29, 0.717) is 0 Å². The minimum Gasteiger partial charge on any atom is -0.478 e. The molecule has 0 bridgehead atoms. The van der Waals surface area contributed by atoms with E-state index < -0.39 is 5.97 Å². The molecule has 0 saturated heterocycles. The number of benzene rings is 1. The van der Waals surface area contributed by atoms with Crippen LogP contribution in [0.15, 0.2) is 54.8 Å². The highest BCUT2D eigenvalue weighted by Crippen LogP contribution is 2.13. The number of pyridine rings is 1. The van der Waals surface area contributed by atoms with Crippen molar-refractivity contribution in [3.8, 4) is 0 Å². The first-order chi connectivity index (χ1) is 8.25. The number of hydrogen-bond acceptors (Lipinski definition) is 2. The second-order valence-electron chi connectivity index (χ2n) is 3.52. The van der Waals surface area contributed by atoms with Gasteiger partial charge in [0.05, 0.1) is 5.52 Å². The summed E-state index contributed by atoms with van der Waals surface area (Å²) in [6.45, 7) is 0. The summed E-state index contributed by atoms with van der Waals surface area (Å²) in [4.78, 5) is 14.6. The number of nitrogens with zero attached hydrogens (tertiary/aromatic N) is 1. The third kappa shape index (κ3) is 3.01. The lowest BCUT2D eigenvalue weighted by molar-refractivity contribution is -0.131. The molecule has 0 aliphatic carbocycles. The second-order valence-corrected chi connectivity index (χ2v) is 3.52. The molecule has 1 aromatic carbocycles. The van der Waals surface area contributed by atoms with Crippen molar-refractivity contribution in [3.63, 3.8) is 0 Å². The molecule has 1 heterocycles. The van der Waals surface area contributed by atoms with Gasteiger partial charge in [0.15, 0.2) is 0 Å². The van der Waals surface area contributed by atoms with E-state index in [4.69, 9.17) is 5.11 Å². The van der Waals surface area contributed by atoms with Crippen LogP contribution in [0.2, 0.25) is 0 Å². The SMILES string of the molecule is O=C(O)C=CC=Cc1cnc2ccccc2c1. The molecule has 3 nitrogen and oxygen atoms in total. The Bertz CT molecular complexity index is 600. The highest BCUT2D eigenvalue weighted by atomic mass is 16.4. The van der Waals surface area contributed by atoms with Crippen molar-refractivity contribution in [3.05, 3.63) is 60.3 Å². The molecule has 0 amide bonds. The number of aromatic nitrogens is 1. The summed E-state index contributed by atoms with van der Waals surface area (Å²) in [5.74, 6) is -0.953. The topological polar surface area (TPSA) is 50.2 Å². The number of para-hydroxylation sites is 1. The van der Waals surface area contributed by atoms with Gasteiger partial charge in [-0.2, -0.15) is 0 Å². The Morgan fingerprint density at radius 3 is 2.88 bits per heavy atom. The number of rotatable bonds is 3. The maximum atomic E-state index is 10.3. The van der Waals surface area contributed by atoms with Gasteiger partial charge in [0.25, 0.3) is 0 Å². The number of hydrogen-bond donors (Lipinski definition) is 1. The summed E-state index contributed by atoms with van der Waals surface area (Å²) in [7, 11) is 0. The summed E-state index contributed by atoms with van der Waals surface area (Å²) < 4.78 is 0. The van der Waals surface area contributed by atoms with E-state index >= 15 is 0 Å². The van der Waals surface area contributed by atoms with Crippen molar-refractivity contribution >= 4 is 22.9 Å². The summed E-state index contributed by atoms with van der Waals surface area (Å²) in [5, 5.41) is 9.49. The second kappa shape index (κ2) is 5.07. The van der Waals surface area contributed by atoms with Crippen LogP contribution in [0.5, 0.6) is 0 Å². The standard InChI is InChI=1S/C14H11NO2/c16-14(17)8-4-1-5-11-9-12-6-2-3-7-13(12)15-10-11/h1-10H,(H,16,17). The summed E-state index contributed by atoms with van der Waals surface area (Å²) in [5.41, 5.74) is 1.89. The van der Waals surface area contributed by atoms with Gasteiger partial charge in [-0.25, -0.2) is 4.79 Å². The monoisotopic (exact) mass is 225 g/mol. The molecule has 1 N–H and O–H groups in total. The average Bonchev–Trinajstić information content (AvgIpc) is 2.34. The van der Waals surface area contributed by atoms with Crippen LogP contribution in [0.4, 0.5) is 0 Å². The van der Waals surface area contributed by atoms with E-state index in [9.17, 15) is 4.79 Å². The first-order valence-electron chi connectivity index (χ1n) is 5.18. The first-order valence-corrected chi connectivity index (χ1v) is 5.18. The number of aliphatic carboxylic acids is 1. The van der Waals surface area contributed by atoms with Crippen LogP contribution >= 0.6 is 0 Å². The van der Waals surface area contributed by atoms with E-state index in [1.807, 2.05) is 36.4 Å². The molecular formula is C14H11NO2. The van der Waals surface area contributed by atoms with E-state index in [2.05, 4.69) is 4.98 Å². The van der Waals surface area contributed by atoms with E-state index in [1.165, 1.54) is 6.08 Å². The lowest BCUT2D eigenvalue weighted by atomic mass is 10.1. The third-order valence-electron chi connectivity index (χ3n) is 2.25. The largest absolute Gasteiger partial charge is 0.478 e. The third-order valence-corrected chi connectivity index (χ3v) is 2.25. The molecule has 1 aromatic heterocycles. The summed E-state index contributed by atoms with van der Waals surface area (Å²) in [6, 6.07) is 9.86. The van der Waals surface area contributed by atoms with E-state index in [1.54, 1.807) is 12.3 Å². The molecule has 2 rings (SSSR count). The first kappa shape index (κ1) is 11.1. The molecule has 17 heavy (non-hydrogen) atoms. The number of carbonyl (C=O) groups is 1. The molecule has 0 aliphatic heterocycles. The smallest absolute Gasteiger partial charge is 0.328 e. The molecule has 0 atom stereocenters. The lowest BCUT2D eigenvalue weighted by Crippen LogP contribution is -1.84. The Labute approximate surface area is 98.7 Å². The fraction of sp³-hybridized carbons (Fsp3) is 0. The molecule has 0 aliphatic rings. The van der Waals surface area contributed by atoms with Crippen molar-refractivity contribution in [1.82, 2.24) is 4.98 Å². The van der Waals surface area contributed by atoms with Gasteiger partial charge >= 0.3 is 5.97 Å². The van der Waals surface area contributed by atoms with Crippen LogP contribution in [-0.4, -0.2) is 16.1 Å². The van der Waals surface area contributed by atoms with Crippen molar-refractivity contribution < 1.29 is 9.90 Å². The van der Waals surface area contributed by atoms with Crippen LogP contribution in [0.25, 0.3) is 17.0 Å². The fourth-order valence-electron chi connectivity index (χ4n) is 1.48. The predicted octanol–water partition coefficient (Wildman–Crippen LogP) is 2.89. The van der Waals surface area contributed by atoms with Gasteiger partial charge in [-0.1, -0.05) is 36.4 Å². The normalized spacial score (nSPS) is 11.5. The van der Waals surface area contributed by atoms with Crippen molar-refractivity contribution in [1.29, 1.82) is 0 Å². The van der Waals surface area contributed by atoms with Gasteiger partial charge in [-0.3, -0.25) is 4.98 Å². The fourth-order valence-corrected chi connectivity index (χ4v) is 1.48. The van der Waals surface area contributed by atoms with Gasteiger partial charge in [-0.05, 0) is 17.7 Å². The molecule has 0 radical (unpaired) electrons. The molecule has 2 aromatic rings. The summed E-state index contributed by atoms with van der Waals surface area (Å²) in [6.07, 6.45) is 7.83. The highest BCUT2D eigenvalue weighted by Gasteiger charge is 1.93. The Hall–Kier alpha value is -2.42. The number of carboxylic acid groups (broad SMARTS) is 1. The molecule has 0 spiro atoms. The lowest BCUT2D eigenvalue weighted by Gasteiger charge is -1.97. The Balaban J connectivity index is 2.22. The van der Waals surface area contributed by atoms with Crippen molar-refractivity contribution in [2.45, 2.75) is 0 Å². The van der Waals surface area contributed by atoms with Gasteiger partial charge in [0, 0.05) is 17.7 Å². The van der Waals surface area contributed by atoms with E-state index in [0.717, 1.165) is 22.5 Å². The number of carboxylic acids is 1. The van der Waals surface area contributed by atoms with Crippen molar-refractivity contribution in [2.75, 3.05) is 0 Å².